The fourth-order valence-corrected chi connectivity index (χ4v) is 1.72. The topological polar surface area (TPSA) is 51.5 Å². The highest BCUT2D eigenvalue weighted by Gasteiger charge is 2.14. The molecule has 0 saturated carbocycles. The minimum absolute atomic E-state index is 0.120. The maximum atomic E-state index is 11.3. The Hall–Kier alpha value is -1.29. The van der Waals surface area contributed by atoms with Crippen LogP contribution in [0.1, 0.15) is 12.8 Å². The third-order valence-corrected chi connectivity index (χ3v) is 2.59. The van der Waals surface area contributed by atoms with Gasteiger partial charge in [0.15, 0.2) is 0 Å². The van der Waals surface area contributed by atoms with Gasteiger partial charge in [0.2, 0.25) is 11.2 Å². The van der Waals surface area contributed by atoms with Gasteiger partial charge in [0.05, 0.1) is 12.9 Å². The smallest absolute Gasteiger partial charge is 0.226 e. The normalized spacial score (nSPS) is 21.2. The summed E-state index contributed by atoms with van der Waals surface area (Å²) in [6.07, 6.45) is 5.05. The Bertz CT molecular complexity index is 355. The van der Waals surface area contributed by atoms with Crippen molar-refractivity contribution in [1.82, 2.24) is 5.32 Å². The van der Waals surface area contributed by atoms with Crippen molar-refractivity contribution in [2.75, 3.05) is 19.7 Å². The van der Waals surface area contributed by atoms with Gasteiger partial charge >= 0.3 is 0 Å². The standard InChI is InChI=1S/C11H15NO3/c13-10-3-5-14-8-11(10)15-7-9-2-1-4-12-6-9/h3,5,8-9,12H,1-2,4,6-7H2. The summed E-state index contributed by atoms with van der Waals surface area (Å²) in [4.78, 5) is 11.3. The molecule has 1 saturated heterocycles. The van der Waals surface area contributed by atoms with E-state index >= 15 is 0 Å². The number of hydrogen-bond donors (Lipinski definition) is 1. The molecule has 1 unspecified atom stereocenters. The first-order chi connectivity index (χ1) is 7.36. The number of ether oxygens (including phenoxy) is 1. The molecule has 0 aliphatic carbocycles. The van der Waals surface area contributed by atoms with E-state index in [0.29, 0.717) is 18.3 Å². The van der Waals surface area contributed by atoms with Crippen LogP contribution in [0, 0.1) is 5.92 Å². The summed E-state index contributed by atoms with van der Waals surface area (Å²) >= 11 is 0. The Morgan fingerprint density at radius 2 is 2.53 bits per heavy atom. The second-order valence-electron chi connectivity index (χ2n) is 3.81. The Labute approximate surface area is 88.2 Å². The molecule has 15 heavy (non-hydrogen) atoms. The van der Waals surface area contributed by atoms with Crippen molar-refractivity contribution >= 4 is 0 Å². The first-order valence-corrected chi connectivity index (χ1v) is 5.26. The average molecular weight is 209 g/mol. The number of hydrogen-bond acceptors (Lipinski definition) is 4. The third-order valence-electron chi connectivity index (χ3n) is 2.59. The highest BCUT2D eigenvalue weighted by molar-refractivity contribution is 5.13. The minimum Gasteiger partial charge on any atom is -0.486 e. The molecule has 1 aromatic rings. The monoisotopic (exact) mass is 209 g/mol. The van der Waals surface area contributed by atoms with Crippen molar-refractivity contribution in [2.45, 2.75) is 12.8 Å². The van der Waals surface area contributed by atoms with E-state index in [4.69, 9.17) is 9.15 Å². The van der Waals surface area contributed by atoms with Gasteiger partial charge in [-0.1, -0.05) is 0 Å². The van der Waals surface area contributed by atoms with Gasteiger partial charge in [0, 0.05) is 18.5 Å². The van der Waals surface area contributed by atoms with Gasteiger partial charge in [0.1, 0.15) is 6.26 Å². The summed E-state index contributed by atoms with van der Waals surface area (Å²) < 4.78 is 10.3. The van der Waals surface area contributed by atoms with E-state index in [0.717, 1.165) is 19.5 Å². The van der Waals surface area contributed by atoms with Crippen LogP contribution in [0.25, 0.3) is 0 Å². The van der Waals surface area contributed by atoms with Crippen molar-refractivity contribution in [3.63, 3.8) is 0 Å². The molecule has 0 bridgehead atoms. The van der Waals surface area contributed by atoms with Crippen LogP contribution in [0.4, 0.5) is 0 Å². The van der Waals surface area contributed by atoms with Crippen LogP contribution in [0.2, 0.25) is 0 Å². The van der Waals surface area contributed by atoms with E-state index in [1.54, 1.807) is 0 Å². The van der Waals surface area contributed by atoms with E-state index in [2.05, 4.69) is 5.32 Å². The van der Waals surface area contributed by atoms with Crippen molar-refractivity contribution < 1.29 is 9.15 Å². The summed E-state index contributed by atoms with van der Waals surface area (Å²) in [6, 6.07) is 1.37. The zero-order valence-electron chi connectivity index (χ0n) is 8.57. The van der Waals surface area contributed by atoms with Crippen LogP contribution >= 0.6 is 0 Å². The lowest BCUT2D eigenvalue weighted by molar-refractivity contribution is 0.212. The SMILES string of the molecule is O=c1ccocc1OCC1CCCNC1. The first-order valence-electron chi connectivity index (χ1n) is 5.26. The van der Waals surface area contributed by atoms with E-state index in [1.165, 1.54) is 25.0 Å². The largest absolute Gasteiger partial charge is 0.486 e. The van der Waals surface area contributed by atoms with Crippen molar-refractivity contribution in [2.24, 2.45) is 5.92 Å². The predicted molar refractivity (Wildman–Crippen MR) is 56.1 cm³/mol. The highest BCUT2D eigenvalue weighted by atomic mass is 16.5. The van der Waals surface area contributed by atoms with Gasteiger partial charge in [-0.05, 0) is 19.4 Å². The molecule has 2 rings (SSSR count). The Kier molecular flexibility index (Phi) is 3.40. The van der Waals surface area contributed by atoms with Crippen LogP contribution in [0.5, 0.6) is 5.75 Å². The summed E-state index contributed by atoms with van der Waals surface area (Å²) in [5.74, 6) is 0.807. The lowest BCUT2D eigenvalue weighted by Gasteiger charge is -2.22. The van der Waals surface area contributed by atoms with Crippen LogP contribution in [0.15, 0.2) is 27.8 Å². The maximum Gasteiger partial charge on any atom is 0.226 e. The van der Waals surface area contributed by atoms with Gasteiger partial charge in [-0.2, -0.15) is 0 Å². The molecule has 2 heterocycles. The number of nitrogens with one attached hydrogen (secondary N) is 1. The Morgan fingerprint density at radius 3 is 3.27 bits per heavy atom. The molecule has 0 spiro atoms. The molecule has 0 amide bonds. The lowest BCUT2D eigenvalue weighted by Crippen LogP contribution is -2.33. The van der Waals surface area contributed by atoms with Crippen LogP contribution in [-0.2, 0) is 0 Å². The Balaban J connectivity index is 1.87. The molecule has 0 aromatic carbocycles. The zero-order valence-corrected chi connectivity index (χ0v) is 8.57. The molecule has 1 aromatic heterocycles. The molecular weight excluding hydrogens is 194 g/mol. The van der Waals surface area contributed by atoms with Crippen LogP contribution < -0.4 is 15.5 Å². The molecule has 1 fully saturated rings. The lowest BCUT2D eigenvalue weighted by atomic mass is 10.0. The summed E-state index contributed by atoms with van der Waals surface area (Å²) in [5.41, 5.74) is -0.120. The molecule has 0 radical (unpaired) electrons. The predicted octanol–water partition coefficient (Wildman–Crippen LogP) is 1.02. The quantitative estimate of drug-likeness (QED) is 0.807. The van der Waals surface area contributed by atoms with E-state index in [9.17, 15) is 4.79 Å². The first kappa shape index (κ1) is 10.2. The van der Waals surface area contributed by atoms with Crippen LogP contribution in [0.3, 0.4) is 0 Å². The van der Waals surface area contributed by atoms with E-state index in [-0.39, 0.29) is 5.43 Å². The maximum absolute atomic E-state index is 11.3. The summed E-state index contributed by atoms with van der Waals surface area (Å²) in [6.45, 7) is 2.64. The van der Waals surface area contributed by atoms with Crippen molar-refractivity contribution in [3.05, 3.63) is 28.8 Å². The molecule has 82 valence electrons. The number of rotatable bonds is 3. The zero-order chi connectivity index (χ0) is 10.5. The average Bonchev–Trinajstić information content (AvgIpc) is 2.29. The summed E-state index contributed by atoms with van der Waals surface area (Å²) in [5, 5.41) is 3.30. The fourth-order valence-electron chi connectivity index (χ4n) is 1.72. The molecule has 4 nitrogen and oxygen atoms in total. The molecular formula is C11H15NO3. The second-order valence-corrected chi connectivity index (χ2v) is 3.81. The molecule has 1 aliphatic heterocycles. The fraction of sp³-hybridized carbons (Fsp3) is 0.545. The molecule has 4 heteroatoms. The van der Waals surface area contributed by atoms with Crippen molar-refractivity contribution in [3.8, 4) is 5.75 Å². The molecule has 1 aliphatic rings. The van der Waals surface area contributed by atoms with Crippen LogP contribution in [-0.4, -0.2) is 19.7 Å². The van der Waals surface area contributed by atoms with Gasteiger partial charge in [0.25, 0.3) is 0 Å². The van der Waals surface area contributed by atoms with Gasteiger partial charge in [-0.3, -0.25) is 4.79 Å². The van der Waals surface area contributed by atoms with Crippen molar-refractivity contribution in [1.29, 1.82) is 0 Å². The van der Waals surface area contributed by atoms with E-state index < -0.39 is 0 Å². The molecule has 1 atom stereocenters. The number of piperidine rings is 1. The molecule has 1 N–H and O–H groups in total. The van der Waals surface area contributed by atoms with Gasteiger partial charge in [-0.15, -0.1) is 0 Å². The third kappa shape index (κ3) is 2.83. The van der Waals surface area contributed by atoms with Gasteiger partial charge < -0.3 is 14.5 Å². The second kappa shape index (κ2) is 4.98. The van der Waals surface area contributed by atoms with Gasteiger partial charge in [-0.25, -0.2) is 0 Å². The van der Waals surface area contributed by atoms with E-state index in [1.807, 2.05) is 0 Å². The highest BCUT2D eigenvalue weighted by Crippen LogP contribution is 2.11. The minimum atomic E-state index is -0.120. The Morgan fingerprint density at radius 1 is 1.60 bits per heavy atom. The summed E-state index contributed by atoms with van der Waals surface area (Å²) in [7, 11) is 0.